The molecule has 4 rings (SSSR count). The highest BCUT2D eigenvalue weighted by Crippen LogP contribution is 2.28. The number of amides is 2. The average Bonchev–Trinajstić information content (AvgIpc) is 3.18. The van der Waals surface area contributed by atoms with Crippen LogP contribution in [0, 0.1) is 5.92 Å². The molecule has 0 aliphatic carbocycles. The van der Waals surface area contributed by atoms with E-state index in [-0.39, 0.29) is 17.7 Å². The van der Waals surface area contributed by atoms with Crippen LogP contribution in [0.3, 0.4) is 0 Å². The van der Waals surface area contributed by atoms with Gasteiger partial charge in [0.25, 0.3) is 5.91 Å². The van der Waals surface area contributed by atoms with E-state index >= 15 is 0 Å². The number of aromatic nitrogens is 1. The first kappa shape index (κ1) is 23.6. The van der Waals surface area contributed by atoms with Gasteiger partial charge in [0.05, 0.1) is 0 Å². The fourth-order valence-corrected chi connectivity index (χ4v) is 3.99. The second-order valence-electron chi connectivity index (χ2n) is 7.70. The van der Waals surface area contributed by atoms with Gasteiger partial charge in [0.2, 0.25) is 5.91 Å². The number of hydrogen-bond donors (Lipinski definition) is 5. The number of piperidine rings is 1. The highest BCUT2D eigenvalue weighted by molar-refractivity contribution is 6.02. The fourth-order valence-electron chi connectivity index (χ4n) is 3.99. The van der Waals surface area contributed by atoms with Crippen molar-refractivity contribution in [2.45, 2.75) is 31.9 Å². The normalized spacial score (nSPS) is 16.5. The van der Waals surface area contributed by atoms with Crippen molar-refractivity contribution in [3.05, 3.63) is 35.0 Å². The Kier molecular flexibility index (Phi) is 7.39. The number of fused-ring (bicyclic) bond motifs is 3. The molecule has 3 heterocycles. The molecule has 1 aromatic carbocycles. The summed E-state index contributed by atoms with van der Waals surface area (Å²) in [7, 11) is 0. The lowest BCUT2D eigenvalue weighted by atomic mass is 9.94. The number of alkyl halides is 3. The molecule has 1 fully saturated rings. The zero-order valence-electron chi connectivity index (χ0n) is 17.3. The molecular weight excluding hydrogens is 429 g/mol. The fraction of sp³-hybridized carbons (Fsp3) is 0.476. The average molecular weight is 454 g/mol. The van der Waals surface area contributed by atoms with Crippen molar-refractivity contribution in [2.75, 3.05) is 26.2 Å². The molecule has 0 bridgehead atoms. The number of aliphatic carboxylic acids is 1. The first-order valence-corrected chi connectivity index (χ1v) is 10.4. The maximum atomic E-state index is 12.3. The lowest BCUT2D eigenvalue weighted by molar-refractivity contribution is -0.192. The van der Waals surface area contributed by atoms with Gasteiger partial charge in [-0.25, -0.2) is 4.79 Å². The molecule has 0 radical (unpaired) electrons. The van der Waals surface area contributed by atoms with Crippen molar-refractivity contribution < 1.29 is 32.7 Å². The number of benzene rings is 1. The van der Waals surface area contributed by atoms with Gasteiger partial charge in [-0.2, -0.15) is 13.2 Å². The Hall–Kier alpha value is -3.08. The van der Waals surface area contributed by atoms with Crippen LogP contribution in [0.15, 0.2) is 18.3 Å². The molecule has 2 aromatic rings. The Bertz CT molecular complexity index is 997. The predicted molar refractivity (Wildman–Crippen MR) is 110 cm³/mol. The van der Waals surface area contributed by atoms with Crippen molar-refractivity contribution in [2.24, 2.45) is 5.92 Å². The molecule has 2 aliphatic rings. The van der Waals surface area contributed by atoms with Gasteiger partial charge in [0, 0.05) is 41.7 Å². The van der Waals surface area contributed by atoms with Gasteiger partial charge in [0.15, 0.2) is 0 Å². The number of carboxylic acids is 1. The SMILES string of the molecule is O=C(O)C(F)(F)F.O=C1NCCc2c1ccc1[nH]cc(CCNC(=O)C3CCNCC3)c21. The first-order valence-electron chi connectivity index (χ1n) is 10.4. The molecule has 5 N–H and O–H groups in total. The van der Waals surface area contributed by atoms with Crippen LogP contribution in [-0.2, 0) is 22.4 Å². The molecule has 32 heavy (non-hydrogen) atoms. The lowest BCUT2D eigenvalue weighted by Crippen LogP contribution is -2.38. The van der Waals surface area contributed by atoms with Crippen LogP contribution in [0.5, 0.6) is 0 Å². The number of halogens is 3. The number of aromatic amines is 1. The Morgan fingerprint density at radius 3 is 2.50 bits per heavy atom. The Morgan fingerprint density at radius 1 is 1.16 bits per heavy atom. The number of carbonyl (C=O) groups is 3. The van der Waals surface area contributed by atoms with E-state index in [4.69, 9.17) is 9.90 Å². The van der Waals surface area contributed by atoms with Crippen molar-refractivity contribution in [1.82, 2.24) is 20.9 Å². The molecule has 2 aliphatic heterocycles. The van der Waals surface area contributed by atoms with Crippen molar-refractivity contribution in [3.63, 3.8) is 0 Å². The minimum absolute atomic E-state index is 0.00881. The molecule has 0 atom stereocenters. The highest BCUT2D eigenvalue weighted by atomic mass is 19.4. The van der Waals surface area contributed by atoms with Crippen molar-refractivity contribution in [3.8, 4) is 0 Å². The maximum absolute atomic E-state index is 12.3. The summed E-state index contributed by atoms with van der Waals surface area (Å²) in [4.78, 5) is 36.5. The summed E-state index contributed by atoms with van der Waals surface area (Å²) in [5, 5.41) is 17.5. The maximum Gasteiger partial charge on any atom is 0.490 e. The third-order valence-corrected chi connectivity index (χ3v) is 5.59. The quantitative estimate of drug-likeness (QED) is 0.482. The van der Waals surface area contributed by atoms with Crippen molar-refractivity contribution in [1.29, 1.82) is 0 Å². The van der Waals surface area contributed by atoms with E-state index in [1.807, 2.05) is 18.3 Å². The van der Waals surface area contributed by atoms with E-state index in [9.17, 15) is 22.8 Å². The number of nitrogens with one attached hydrogen (secondary N) is 4. The van der Waals surface area contributed by atoms with E-state index < -0.39 is 12.1 Å². The first-order chi connectivity index (χ1) is 15.2. The third kappa shape index (κ3) is 5.58. The number of H-pyrrole nitrogens is 1. The van der Waals surface area contributed by atoms with E-state index in [0.717, 1.165) is 60.8 Å². The minimum atomic E-state index is -5.08. The van der Waals surface area contributed by atoms with E-state index in [0.29, 0.717) is 13.1 Å². The van der Waals surface area contributed by atoms with Gasteiger partial charge in [-0.1, -0.05) is 0 Å². The van der Waals surface area contributed by atoms with Gasteiger partial charge in [-0.05, 0) is 62.0 Å². The van der Waals surface area contributed by atoms with Crippen LogP contribution in [0.4, 0.5) is 13.2 Å². The van der Waals surface area contributed by atoms with Gasteiger partial charge in [-0.15, -0.1) is 0 Å². The van der Waals surface area contributed by atoms with Crippen LogP contribution in [0.1, 0.15) is 34.3 Å². The summed E-state index contributed by atoms with van der Waals surface area (Å²) < 4.78 is 31.7. The van der Waals surface area contributed by atoms with Crippen LogP contribution >= 0.6 is 0 Å². The summed E-state index contributed by atoms with van der Waals surface area (Å²) in [6, 6.07) is 3.86. The number of rotatable bonds is 4. The molecule has 0 unspecified atom stereocenters. The molecule has 1 aromatic heterocycles. The van der Waals surface area contributed by atoms with Crippen molar-refractivity contribution >= 4 is 28.7 Å². The van der Waals surface area contributed by atoms with E-state index in [1.54, 1.807) is 0 Å². The Labute approximate surface area is 181 Å². The second-order valence-corrected chi connectivity index (χ2v) is 7.70. The van der Waals surface area contributed by atoms with E-state index in [2.05, 4.69) is 20.9 Å². The van der Waals surface area contributed by atoms with Crippen LogP contribution in [-0.4, -0.2) is 60.2 Å². The summed E-state index contributed by atoms with van der Waals surface area (Å²) in [5.41, 5.74) is 4.14. The van der Waals surface area contributed by atoms with Gasteiger partial charge in [0.1, 0.15) is 0 Å². The molecular formula is C21H25F3N4O4. The number of carbonyl (C=O) groups excluding carboxylic acids is 2. The summed E-state index contributed by atoms with van der Waals surface area (Å²) in [5.74, 6) is -2.44. The molecule has 2 amide bonds. The zero-order valence-corrected chi connectivity index (χ0v) is 17.3. The number of hydrogen-bond acceptors (Lipinski definition) is 4. The monoisotopic (exact) mass is 454 g/mol. The third-order valence-electron chi connectivity index (χ3n) is 5.59. The summed E-state index contributed by atoms with van der Waals surface area (Å²) >= 11 is 0. The molecule has 1 saturated heterocycles. The molecule has 174 valence electrons. The van der Waals surface area contributed by atoms with Gasteiger partial charge < -0.3 is 26.0 Å². The van der Waals surface area contributed by atoms with Crippen LogP contribution in [0.25, 0.3) is 10.9 Å². The highest BCUT2D eigenvalue weighted by Gasteiger charge is 2.38. The second kappa shape index (κ2) is 10.0. The topological polar surface area (TPSA) is 123 Å². The number of carboxylic acid groups (broad SMARTS) is 1. The molecule has 0 saturated carbocycles. The standard InChI is InChI=1S/C19H24N4O2.C2HF3O2/c24-18(12-3-7-20-8-4-12)21-9-5-13-11-23-16-2-1-15-14(17(13)16)6-10-22-19(15)25;3-2(4,5)1(6)7/h1-2,11-12,20,23H,3-10H2,(H,21,24)(H,22,25);(H,6,7). The Morgan fingerprint density at radius 2 is 1.84 bits per heavy atom. The zero-order chi connectivity index (χ0) is 23.3. The van der Waals surface area contributed by atoms with Crippen LogP contribution < -0.4 is 16.0 Å². The molecule has 11 heteroatoms. The summed E-state index contributed by atoms with van der Waals surface area (Å²) in [6.45, 7) is 3.16. The summed E-state index contributed by atoms with van der Waals surface area (Å²) in [6.07, 6.45) is 0.386. The van der Waals surface area contributed by atoms with Gasteiger partial charge >= 0.3 is 12.1 Å². The van der Waals surface area contributed by atoms with E-state index in [1.165, 1.54) is 5.56 Å². The Balaban J connectivity index is 0.000000360. The largest absolute Gasteiger partial charge is 0.490 e. The molecule has 8 nitrogen and oxygen atoms in total. The van der Waals surface area contributed by atoms with Crippen LogP contribution in [0.2, 0.25) is 0 Å². The van der Waals surface area contributed by atoms with Gasteiger partial charge in [-0.3, -0.25) is 9.59 Å². The smallest absolute Gasteiger partial charge is 0.475 e. The predicted octanol–water partition coefficient (Wildman–Crippen LogP) is 1.75. The lowest BCUT2D eigenvalue weighted by Gasteiger charge is -2.21. The molecule has 0 spiro atoms. The minimum Gasteiger partial charge on any atom is -0.475 e.